The van der Waals surface area contributed by atoms with Crippen LogP contribution < -0.4 is 5.73 Å². The van der Waals surface area contributed by atoms with Gasteiger partial charge >= 0.3 is 0 Å². The molecule has 0 aliphatic heterocycles. The van der Waals surface area contributed by atoms with Crippen LogP contribution in [0, 0.1) is 11.7 Å². The summed E-state index contributed by atoms with van der Waals surface area (Å²) in [5, 5.41) is 11.8. The number of nitrogens with two attached hydrogens (primary N) is 1. The molecule has 0 spiro atoms. The molecule has 0 bridgehead atoms. The van der Waals surface area contributed by atoms with Crippen molar-refractivity contribution in [3.05, 3.63) is 24.0 Å². The zero-order valence-corrected chi connectivity index (χ0v) is 11.3. The Morgan fingerprint density at radius 3 is 2.68 bits per heavy atom. The van der Waals surface area contributed by atoms with E-state index < -0.39 is 5.82 Å². The summed E-state index contributed by atoms with van der Waals surface area (Å²) in [5.74, 6) is 0.593. The molecule has 19 heavy (non-hydrogen) atoms. The van der Waals surface area contributed by atoms with E-state index in [0.29, 0.717) is 11.7 Å². The summed E-state index contributed by atoms with van der Waals surface area (Å²) in [6.45, 7) is 6.34. The van der Waals surface area contributed by atoms with E-state index in [1.165, 1.54) is 6.07 Å². The highest BCUT2D eigenvalue weighted by molar-refractivity contribution is 5.61. The topological polar surface area (TPSA) is 69.6 Å². The molecular weight excluding hydrogens is 245 g/mol. The van der Waals surface area contributed by atoms with Crippen LogP contribution in [0.3, 0.4) is 0 Å². The monoisotopic (exact) mass is 263 g/mol. The van der Waals surface area contributed by atoms with Gasteiger partial charge in [0.2, 0.25) is 0 Å². The highest BCUT2D eigenvalue weighted by atomic mass is 19.1. The summed E-state index contributed by atoms with van der Waals surface area (Å²) in [6, 6.07) is 4.74. The average Bonchev–Trinajstić information content (AvgIpc) is 2.82. The number of anilines is 1. The van der Waals surface area contributed by atoms with Gasteiger partial charge in [0.25, 0.3) is 0 Å². The van der Waals surface area contributed by atoms with Crippen LogP contribution in [0.5, 0.6) is 0 Å². The number of hydrogen-bond acceptors (Lipinski definition) is 4. The SMILES string of the molecule is CCC(C(C)C)n1nnnc1-c1ccc(F)c(N)c1. The Morgan fingerprint density at radius 2 is 2.11 bits per heavy atom. The summed E-state index contributed by atoms with van der Waals surface area (Å²) in [7, 11) is 0. The van der Waals surface area contributed by atoms with Crippen molar-refractivity contribution in [2.45, 2.75) is 33.2 Å². The molecule has 2 N–H and O–H groups in total. The third-order valence-electron chi connectivity index (χ3n) is 3.25. The van der Waals surface area contributed by atoms with E-state index in [-0.39, 0.29) is 11.7 Å². The third kappa shape index (κ3) is 2.57. The average molecular weight is 263 g/mol. The molecule has 1 unspecified atom stereocenters. The molecule has 2 aromatic rings. The maximum atomic E-state index is 13.2. The van der Waals surface area contributed by atoms with Crippen LogP contribution in [0.4, 0.5) is 10.1 Å². The Morgan fingerprint density at radius 1 is 1.37 bits per heavy atom. The van der Waals surface area contributed by atoms with Gasteiger partial charge < -0.3 is 5.73 Å². The fraction of sp³-hybridized carbons (Fsp3) is 0.462. The van der Waals surface area contributed by atoms with Crippen LogP contribution in [0.2, 0.25) is 0 Å². The zero-order chi connectivity index (χ0) is 14.0. The molecule has 0 amide bonds. The zero-order valence-electron chi connectivity index (χ0n) is 11.3. The predicted molar refractivity (Wildman–Crippen MR) is 71.8 cm³/mol. The Labute approximate surface area is 111 Å². The van der Waals surface area contributed by atoms with Crippen molar-refractivity contribution in [1.29, 1.82) is 0 Å². The van der Waals surface area contributed by atoms with Gasteiger partial charge in [0.05, 0.1) is 11.7 Å². The maximum Gasteiger partial charge on any atom is 0.182 e. The van der Waals surface area contributed by atoms with Crippen molar-refractivity contribution in [3.8, 4) is 11.4 Å². The molecule has 1 heterocycles. The van der Waals surface area contributed by atoms with E-state index in [1.807, 2.05) is 0 Å². The number of aromatic nitrogens is 4. The second-order valence-corrected chi connectivity index (χ2v) is 4.90. The van der Waals surface area contributed by atoms with E-state index >= 15 is 0 Å². The van der Waals surface area contributed by atoms with Crippen LogP contribution in [0.1, 0.15) is 33.2 Å². The van der Waals surface area contributed by atoms with Crippen molar-refractivity contribution >= 4 is 5.69 Å². The van der Waals surface area contributed by atoms with E-state index in [1.54, 1.807) is 16.8 Å². The fourth-order valence-electron chi connectivity index (χ4n) is 2.22. The van der Waals surface area contributed by atoms with Gasteiger partial charge in [0, 0.05) is 5.56 Å². The molecule has 0 aliphatic rings. The number of benzene rings is 1. The minimum atomic E-state index is -0.432. The van der Waals surface area contributed by atoms with Gasteiger partial charge in [-0.25, -0.2) is 9.07 Å². The van der Waals surface area contributed by atoms with Crippen LogP contribution in [-0.2, 0) is 0 Å². The largest absolute Gasteiger partial charge is 0.396 e. The molecule has 1 aromatic heterocycles. The molecule has 1 atom stereocenters. The molecule has 0 fully saturated rings. The first-order valence-electron chi connectivity index (χ1n) is 6.37. The van der Waals surface area contributed by atoms with Crippen molar-refractivity contribution in [2.24, 2.45) is 5.92 Å². The second-order valence-electron chi connectivity index (χ2n) is 4.90. The second kappa shape index (κ2) is 5.34. The molecule has 1 aromatic carbocycles. The lowest BCUT2D eigenvalue weighted by Crippen LogP contribution is -2.17. The Bertz CT molecular complexity index is 564. The molecule has 102 valence electrons. The Hall–Kier alpha value is -1.98. The molecule has 0 aliphatic carbocycles. The van der Waals surface area contributed by atoms with Gasteiger partial charge in [-0.2, -0.15) is 0 Å². The van der Waals surface area contributed by atoms with Gasteiger partial charge in [-0.15, -0.1) is 5.10 Å². The smallest absolute Gasteiger partial charge is 0.182 e. The quantitative estimate of drug-likeness (QED) is 0.861. The first-order chi connectivity index (χ1) is 9.04. The van der Waals surface area contributed by atoms with E-state index in [2.05, 4.69) is 36.3 Å². The number of tetrazole rings is 1. The maximum absolute atomic E-state index is 13.2. The summed E-state index contributed by atoms with van der Waals surface area (Å²) in [5.41, 5.74) is 6.42. The van der Waals surface area contributed by atoms with Crippen LogP contribution in [0.25, 0.3) is 11.4 Å². The summed E-state index contributed by atoms with van der Waals surface area (Å²) < 4.78 is 15.0. The number of nitrogens with zero attached hydrogens (tertiary/aromatic N) is 4. The summed E-state index contributed by atoms with van der Waals surface area (Å²) >= 11 is 0. The van der Waals surface area contributed by atoms with Crippen LogP contribution in [-0.4, -0.2) is 20.2 Å². The van der Waals surface area contributed by atoms with Crippen LogP contribution in [0.15, 0.2) is 18.2 Å². The number of halogens is 1. The van der Waals surface area contributed by atoms with E-state index in [0.717, 1.165) is 12.0 Å². The number of nitrogen functional groups attached to an aromatic ring is 1. The van der Waals surface area contributed by atoms with Crippen molar-refractivity contribution in [1.82, 2.24) is 20.2 Å². The molecule has 6 heteroatoms. The van der Waals surface area contributed by atoms with Crippen molar-refractivity contribution in [3.63, 3.8) is 0 Å². The molecule has 0 saturated heterocycles. The lowest BCUT2D eigenvalue weighted by Gasteiger charge is -2.20. The third-order valence-corrected chi connectivity index (χ3v) is 3.25. The molecule has 0 saturated carbocycles. The van der Waals surface area contributed by atoms with E-state index in [4.69, 9.17) is 5.73 Å². The standard InChI is InChI=1S/C13H18FN5/c1-4-12(8(2)3)19-13(16-17-18-19)9-5-6-10(14)11(15)7-9/h5-8,12H,4,15H2,1-3H3. The minimum absolute atomic E-state index is 0.102. The fourth-order valence-corrected chi connectivity index (χ4v) is 2.22. The first-order valence-corrected chi connectivity index (χ1v) is 6.37. The summed E-state index contributed by atoms with van der Waals surface area (Å²) in [4.78, 5) is 0. The first kappa shape index (κ1) is 13.5. The normalized spacial score (nSPS) is 12.9. The Balaban J connectivity index is 2.46. The van der Waals surface area contributed by atoms with E-state index in [9.17, 15) is 4.39 Å². The lowest BCUT2D eigenvalue weighted by atomic mass is 10.0. The van der Waals surface area contributed by atoms with Gasteiger partial charge in [-0.1, -0.05) is 20.8 Å². The minimum Gasteiger partial charge on any atom is -0.396 e. The molecular formula is C13H18FN5. The molecule has 5 nitrogen and oxygen atoms in total. The highest BCUT2D eigenvalue weighted by Gasteiger charge is 2.20. The lowest BCUT2D eigenvalue weighted by molar-refractivity contribution is 0.333. The number of rotatable bonds is 4. The number of hydrogen-bond donors (Lipinski definition) is 1. The van der Waals surface area contributed by atoms with Crippen molar-refractivity contribution in [2.75, 3.05) is 5.73 Å². The highest BCUT2D eigenvalue weighted by Crippen LogP contribution is 2.27. The van der Waals surface area contributed by atoms with Gasteiger partial charge in [-0.05, 0) is 41.0 Å². The molecule has 2 rings (SSSR count). The van der Waals surface area contributed by atoms with Gasteiger partial charge in [-0.3, -0.25) is 0 Å². The van der Waals surface area contributed by atoms with Crippen LogP contribution >= 0.6 is 0 Å². The summed E-state index contributed by atoms with van der Waals surface area (Å²) in [6.07, 6.45) is 0.923. The Kier molecular flexibility index (Phi) is 3.78. The van der Waals surface area contributed by atoms with Gasteiger partial charge in [0.15, 0.2) is 5.82 Å². The molecule has 0 radical (unpaired) electrons. The predicted octanol–water partition coefficient (Wildman–Crippen LogP) is 2.67. The van der Waals surface area contributed by atoms with Gasteiger partial charge in [0.1, 0.15) is 5.82 Å². The van der Waals surface area contributed by atoms with Crippen molar-refractivity contribution < 1.29 is 4.39 Å².